The lowest BCUT2D eigenvalue weighted by Gasteiger charge is -2.11. The number of imidazole rings is 2. The van der Waals surface area contributed by atoms with Crippen molar-refractivity contribution in [1.82, 2.24) is 58.6 Å². The molecule has 0 saturated carbocycles. The van der Waals surface area contributed by atoms with Crippen molar-refractivity contribution < 1.29 is 8.83 Å². The molecule has 8 aromatic heterocycles. The van der Waals surface area contributed by atoms with Crippen LogP contribution in [0.3, 0.4) is 0 Å². The van der Waals surface area contributed by atoms with Gasteiger partial charge in [-0.3, -0.25) is 4.57 Å². The first-order valence-electron chi connectivity index (χ1n) is 39.3. The minimum Gasteiger partial charge on any atom is -0.456 e. The van der Waals surface area contributed by atoms with E-state index in [-0.39, 0.29) is 0 Å². The third-order valence-electron chi connectivity index (χ3n) is 21.9. The highest BCUT2D eigenvalue weighted by Gasteiger charge is 2.24. The Labute approximate surface area is 689 Å². The summed E-state index contributed by atoms with van der Waals surface area (Å²) < 4.78 is 21.1. The van der Waals surface area contributed by atoms with Crippen LogP contribution in [0.15, 0.2) is 402 Å². The van der Waals surface area contributed by atoms with Gasteiger partial charge in [0.05, 0.1) is 44.1 Å². The Bertz CT molecular complexity index is 7820. The molecular weight excluding hydrogens is 1530 g/mol. The number of aromatic amines is 1. The average molecular weight is 1590 g/mol. The first kappa shape index (κ1) is 69.8. The molecule has 560 valence electrons. The van der Waals surface area contributed by atoms with Crippen LogP contribution in [0.4, 0.5) is 0 Å². The number of hydrogen-bond acceptors (Lipinski definition) is 10. The highest BCUT2D eigenvalue weighted by Crippen LogP contribution is 2.44. The van der Waals surface area contributed by atoms with Crippen LogP contribution < -0.4 is 0 Å². The first-order valence-corrected chi connectivity index (χ1v) is 40.1. The Hall–Kier alpha value is -15.8. The summed E-state index contributed by atoms with van der Waals surface area (Å²) in [6, 6.07) is 133. The van der Waals surface area contributed by atoms with Gasteiger partial charge in [0, 0.05) is 121 Å². The summed E-state index contributed by atoms with van der Waals surface area (Å²) in [7, 11) is 0. The van der Waals surface area contributed by atoms with Crippen molar-refractivity contribution in [2.75, 3.05) is 0 Å². The minimum atomic E-state index is 0.599. The van der Waals surface area contributed by atoms with Gasteiger partial charge >= 0.3 is 0 Å². The number of rotatable bonds is 11. The number of nitrogens with zero attached hydrogens (tertiary/aromatic N) is 11. The van der Waals surface area contributed by atoms with E-state index in [0.29, 0.717) is 34.9 Å². The number of furan rings is 2. The number of aromatic nitrogens is 12. The van der Waals surface area contributed by atoms with E-state index in [1.807, 2.05) is 206 Å². The molecule has 0 radical (unpaired) electrons. The molecule has 0 amide bonds. The number of fused-ring (bicyclic) bond motifs is 14. The van der Waals surface area contributed by atoms with Crippen molar-refractivity contribution in [3.63, 3.8) is 0 Å². The second-order valence-corrected chi connectivity index (χ2v) is 30.1. The van der Waals surface area contributed by atoms with Gasteiger partial charge in [-0.25, -0.2) is 39.9 Å². The Kier molecular flexibility index (Phi) is 17.3. The van der Waals surface area contributed by atoms with Crippen LogP contribution >= 0.6 is 15.9 Å². The SMILES string of the molecule is Brc1ccc2c(c1)c1cc3c(cc1n2-c1ccccc1)oc1ccc(-c2nc(-c4ccccc4)nc(-c4ccccc4)n2)cc13.c1ccc(-c2nc(-c3ccccc3)nc(-c3ccc4oc5cc6c(cc5c4c3)c3cc(-n4c(-c5ccccc5)nc5ccccc54)ccc3n6-c3ccccc3)n2)cc1.c1ccc(-c2nc3ccccc3[nH]2)cc1. The standard InChI is InChI=1S/C52H32N6O.C39H23BrN4O.C13H10N2/c1-5-15-33(16-6-1)49-54-50(34-17-7-2-8-18-34)56-51(55-49)36-25-28-47-41(29-36)42-31-40-39-30-38(58-45-24-14-13-23-43(45)53-52(58)35-19-9-3-10-20-35)26-27-44(39)57(37-21-11-4-12-22-37)46(40)32-48(42)59-47;40-27-17-18-33-29(21-27)30-22-32-31-20-26(16-19-35(31)45-36(32)23-34(30)44(33)28-14-8-3-9-15-28)39-42-37(24-10-4-1-5-11-24)41-38(43-39)25-12-6-2-7-13-25;1-2-6-10(7-3-1)13-14-11-8-4-5-9-12(11)15-13/h1-32H;1-23H;1-9H,(H,14,15). The Balaban J connectivity index is 0.000000125. The van der Waals surface area contributed by atoms with Gasteiger partial charge in [-0.1, -0.05) is 259 Å². The average Bonchev–Trinajstić information content (AvgIpc) is 1.56. The van der Waals surface area contributed by atoms with Gasteiger partial charge in [-0.2, -0.15) is 0 Å². The minimum absolute atomic E-state index is 0.599. The third kappa shape index (κ3) is 12.9. The largest absolute Gasteiger partial charge is 0.456 e. The van der Waals surface area contributed by atoms with E-state index < -0.39 is 0 Å². The van der Waals surface area contributed by atoms with E-state index in [4.69, 9.17) is 43.7 Å². The maximum absolute atomic E-state index is 6.64. The topological polar surface area (TPSA) is 160 Å². The summed E-state index contributed by atoms with van der Waals surface area (Å²) in [5.74, 6) is 5.56. The van der Waals surface area contributed by atoms with E-state index >= 15 is 0 Å². The van der Waals surface area contributed by atoms with E-state index in [1.165, 1.54) is 5.39 Å². The predicted octanol–water partition coefficient (Wildman–Crippen LogP) is 26.7. The van der Waals surface area contributed by atoms with E-state index in [0.717, 1.165) is 182 Å². The molecule has 0 aliphatic heterocycles. The molecule has 0 aliphatic carbocycles. The molecule has 14 nitrogen and oxygen atoms in total. The first-order chi connectivity index (χ1) is 58.9. The Morgan fingerprint density at radius 3 is 1.05 bits per heavy atom. The normalized spacial score (nSPS) is 11.6. The molecule has 15 heteroatoms. The summed E-state index contributed by atoms with van der Waals surface area (Å²) in [6.45, 7) is 0. The fourth-order valence-electron chi connectivity index (χ4n) is 16.3. The monoisotopic (exact) mass is 1590 g/mol. The second kappa shape index (κ2) is 29.5. The molecular formula is C104H65BrN12O2. The van der Waals surface area contributed by atoms with E-state index in [2.05, 4.69) is 222 Å². The lowest BCUT2D eigenvalue weighted by molar-refractivity contribution is 0.669. The van der Waals surface area contributed by atoms with Crippen LogP contribution in [0.25, 0.3) is 218 Å². The molecule has 119 heavy (non-hydrogen) atoms. The Morgan fingerprint density at radius 2 is 0.588 bits per heavy atom. The highest BCUT2D eigenvalue weighted by molar-refractivity contribution is 9.10. The van der Waals surface area contributed by atoms with Gasteiger partial charge in [0.2, 0.25) is 0 Å². The smallest absolute Gasteiger partial charge is 0.164 e. The summed E-state index contributed by atoms with van der Waals surface area (Å²) in [5.41, 5.74) is 22.7. The van der Waals surface area contributed by atoms with Crippen LogP contribution in [-0.4, -0.2) is 58.6 Å². The summed E-state index contributed by atoms with van der Waals surface area (Å²) in [4.78, 5) is 42.7. The van der Waals surface area contributed by atoms with Crippen LogP contribution in [0, 0.1) is 0 Å². The van der Waals surface area contributed by atoms with Gasteiger partial charge in [0.15, 0.2) is 34.9 Å². The number of halogens is 1. The van der Waals surface area contributed by atoms with Crippen molar-refractivity contribution in [3.8, 4) is 108 Å². The molecule has 0 saturated heterocycles. The van der Waals surface area contributed by atoms with E-state index in [1.54, 1.807) is 0 Å². The predicted molar refractivity (Wildman–Crippen MR) is 485 cm³/mol. The van der Waals surface area contributed by atoms with Crippen LogP contribution in [0.1, 0.15) is 0 Å². The summed E-state index contributed by atoms with van der Waals surface area (Å²) in [6.07, 6.45) is 0. The molecule has 0 fully saturated rings. The molecule has 16 aromatic carbocycles. The molecule has 24 rings (SSSR count). The van der Waals surface area contributed by atoms with Crippen molar-refractivity contribution in [2.24, 2.45) is 0 Å². The fourth-order valence-corrected chi connectivity index (χ4v) is 16.7. The van der Waals surface area contributed by atoms with Gasteiger partial charge in [0.1, 0.15) is 34.0 Å². The molecule has 0 atom stereocenters. The molecule has 24 aromatic rings. The lowest BCUT2D eigenvalue weighted by atomic mass is 10.1. The molecule has 1 N–H and O–H groups in total. The lowest BCUT2D eigenvalue weighted by Crippen LogP contribution is -2.00. The van der Waals surface area contributed by atoms with Crippen molar-refractivity contribution >= 4 is 125 Å². The maximum atomic E-state index is 6.64. The fraction of sp³-hybridized carbons (Fsp3) is 0. The van der Waals surface area contributed by atoms with Crippen LogP contribution in [-0.2, 0) is 0 Å². The summed E-state index contributed by atoms with van der Waals surface area (Å²) >= 11 is 3.70. The summed E-state index contributed by atoms with van der Waals surface area (Å²) in [5, 5.41) is 8.66. The van der Waals surface area contributed by atoms with Crippen LogP contribution in [0.2, 0.25) is 0 Å². The Morgan fingerprint density at radius 1 is 0.218 bits per heavy atom. The molecule has 0 aliphatic rings. The molecule has 0 spiro atoms. The number of hydrogen-bond donors (Lipinski definition) is 1. The number of para-hydroxylation sites is 6. The van der Waals surface area contributed by atoms with Crippen molar-refractivity contribution in [2.45, 2.75) is 0 Å². The zero-order valence-corrected chi connectivity index (χ0v) is 65.2. The third-order valence-corrected chi connectivity index (χ3v) is 22.4. The van der Waals surface area contributed by atoms with Crippen LogP contribution in [0.5, 0.6) is 0 Å². The zero-order valence-electron chi connectivity index (χ0n) is 63.6. The molecule has 0 bridgehead atoms. The second-order valence-electron chi connectivity index (χ2n) is 29.2. The van der Waals surface area contributed by atoms with Gasteiger partial charge in [0.25, 0.3) is 0 Å². The van der Waals surface area contributed by atoms with Gasteiger partial charge < -0.3 is 23.0 Å². The highest BCUT2D eigenvalue weighted by atomic mass is 79.9. The molecule has 0 unspecified atom stereocenters. The van der Waals surface area contributed by atoms with Crippen molar-refractivity contribution in [1.29, 1.82) is 0 Å². The van der Waals surface area contributed by atoms with Crippen molar-refractivity contribution in [3.05, 3.63) is 393 Å². The van der Waals surface area contributed by atoms with Gasteiger partial charge in [-0.15, -0.1) is 0 Å². The number of H-pyrrole nitrogens is 1. The van der Waals surface area contributed by atoms with Gasteiger partial charge in [-0.05, 0) is 133 Å². The van der Waals surface area contributed by atoms with E-state index in [9.17, 15) is 0 Å². The quantitative estimate of drug-likeness (QED) is 0.132. The number of benzene rings is 16. The molecule has 8 heterocycles. The zero-order chi connectivity index (χ0) is 78.9. The maximum Gasteiger partial charge on any atom is 0.164 e. The number of nitrogens with one attached hydrogen (secondary N) is 1.